The van der Waals surface area contributed by atoms with Crippen molar-refractivity contribution in [3.8, 4) is 17.2 Å². The molecule has 0 aliphatic carbocycles. The maximum Gasteiger partial charge on any atom is 0.191 e. The molecule has 0 radical (unpaired) electrons. The molecule has 140 valence electrons. The lowest BCUT2D eigenvalue weighted by Gasteiger charge is -2.27. The van der Waals surface area contributed by atoms with E-state index in [0.29, 0.717) is 24.0 Å². The average molecular weight is 485 g/mol. The fraction of sp³-hybridized carbons (Fsp3) is 0.316. The molecule has 2 N–H and O–H groups in total. The van der Waals surface area contributed by atoms with Gasteiger partial charge in [0.1, 0.15) is 5.75 Å². The lowest BCUT2D eigenvalue weighted by Crippen LogP contribution is -2.42. The van der Waals surface area contributed by atoms with Gasteiger partial charge in [-0.15, -0.1) is 24.0 Å². The van der Waals surface area contributed by atoms with Crippen LogP contribution in [0.5, 0.6) is 17.2 Å². The van der Waals surface area contributed by atoms with Crippen molar-refractivity contribution in [2.24, 2.45) is 10.7 Å². The first-order valence-corrected chi connectivity index (χ1v) is 9.44. The number of guanidine groups is 1. The van der Waals surface area contributed by atoms with Gasteiger partial charge in [-0.2, -0.15) is 11.8 Å². The zero-order valence-electron chi connectivity index (χ0n) is 14.8. The zero-order valence-corrected chi connectivity index (χ0v) is 17.9. The monoisotopic (exact) mass is 485 g/mol. The normalized spacial score (nSPS) is 14.5. The molecule has 0 amide bonds. The van der Waals surface area contributed by atoms with Crippen molar-refractivity contribution in [2.75, 3.05) is 31.7 Å². The van der Waals surface area contributed by atoms with Crippen molar-refractivity contribution in [1.29, 1.82) is 0 Å². The molecule has 26 heavy (non-hydrogen) atoms. The van der Waals surface area contributed by atoms with Crippen LogP contribution in [0, 0.1) is 0 Å². The van der Waals surface area contributed by atoms with Crippen molar-refractivity contribution < 1.29 is 9.47 Å². The highest BCUT2D eigenvalue weighted by Crippen LogP contribution is 2.30. The van der Waals surface area contributed by atoms with Gasteiger partial charge in [0.15, 0.2) is 17.5 Å². The van der Waals surface area contributed by atoms with E-state index in [-0.39, 0.29) is 24.0 Å². The summed E-state index contributed by atoms with van der Waals surface area (Å²) in [6.45, 7) is 2.53. The van der Waals surface area contributed by atoms with Gasteiger partial charge < -0.3 is 20.1 Å². The maximum absolute atomic E-state index is 6.09. The molecule has 2 aromatic carbocycles. The zero-order chi connectivity index (χ0) is 17.5. The molecule has 1 aliphatic heterocycles. The second kappa shape index (κ2) is 10.5. The van der Waals surface area contributed by atoms with Gasteiger partial charge in [0.05, 0.1) is 13.7 Å². The molecular formula is C19H24IN3O2S. The molecule has 1 aliphatic rings. The molecule has 0 spiro atoms. The van der Waals surface area contributed by atoms with Gasteiger partial charge in [-0.3, -0.25) is 0 Å². The van der Waals surface area contributed by atoms with Gasteiger partial charge in [0, 0.05) is 24.6 Å². The van der Waals surface area contributed by atoms with Crippen LogP contribution in [0.15, 0.2) is 53.5 Å². The number of hydrogen-bond acceptors (Lipinski definition) is 4. The highest BCUT2D eigenvalue weighted by atomic mass is 127. The van der Waals surface area contributed by atoms with E-state index in [9.17, 15) is 0 Å². The van der Waals surface area contributed by atoms with Gasteiger partial charge >= 0.3 is 0 Å². The number of benzene rings is 2. The van der Waals surface area contributed by atoms with Crippen LogP contribution < -0.4 is 15.2 Å². The van der Waals surface area contributed by atoms with E-state index in [2.05, 4.69) is 9.89 Å². The van der Waals surface area contributed by atoms with Gasteiger partial charge in [-0.25, -0.2) is 4.99 Å². The van der Waals surface area contributed by atoms with Crippen LogP contribution in [-0.4, -0.2) is 42.6 Å². The van der Waals surface area contributed by atoms with Gasteiger partial charge in [0.25, 0.3) is 0 Å². The third-order valence-corrected chi connectivity index (χ3v) is 4.92. The average Bonchev–Trinajstić information content (AvgIpc) is 2.68. The van der Waals surface area contributed by atoms with Gasteiger partial charge in [-0.1, -0.05) is 24.3 Å². The summed E-state index contributed by atoms with van der Waals surface area (Å²) in [4.78, 5) is 6.66. The molecule has 0 unspecified atom stereocenters. The van der Waals surface area contributed by atoms with E-state index < -0.39 is 0 Å². The van der Waals surface area contributed by atoms with E-state index in [1.54, 1.807) is 7.11 Å². The Bertz CT molecular complexity index is 719. The topological polar surface area (TPSA) is 60.1 Å². The lowest BCUT2D eigenvalue weighted by atomic mass is 10.2. The minimum Gasteiger partial charge on any atom is -0.493 e. The van der Waals surface area contributed by atoms with Gasteiger partial charge in [0.2, 0.25) is 0 Å². The van der Waals surface area contributed by atoms with Crippen molar-refractivity contribution in [3.05, 3.63) is 54.1 Å². The maximum atomic E-state index is 6.09. The number of thioether (sulfide) groups is 1. The first-order valence-electron chi connectivity index (χ1n) is 8.28. The predicted molar refractivity (Wildman–Crippen MR) is 119 cm³/mol. The number of hydrogen-bond donors (Lipinski definition) is 1. The number of halogens is 1. The van der Waals surface area contributed by atoms with E-state index in [0.717, 1.165) is 35.9 Å². The Morgan fingerprint density at radius 1 is 1.08 bits per heavy atom. The van der Waals surface area contributed by atoms with Crippen molar-refractivity contribution in [1.82, 2.24) is 4.90 Å². The van der Waals surface area contributed by atoms with E-state index in [1.807, 2.05) is 60.3 Å². The molecule has 0 atom stereocenters. The fourth-order valence-corrected chi connectivity index (χ4v) is 3.46. The molecule has 1 fully saturated rings. The SMILES string of the molecule is COc1ccccc1Oc1ccc(CN=C(N)N2CCSCC2)cc1.I. The molecule has 2 aromatic rings. The minimum atomic E-state index is 0. The number of methoxy groups -OCH3 is 1. The molecule has 0 aromatic heterocycles. The minimum absolute atomic E-state index is 0. The summed E-state index contributed by atoms with van der Waals surface area (Å²) in [5.74, 6) is 5.04. The Morgan fingerprint density at radius 2 is 1.73 bits per heavy atom. The molecule has 0 saturated carbocycles. The van der Waals surface area contributed by atoms with Crippen LogP contribution in [0.1, 0.15) is 5.56 Å². The second-order valence-corrected chi connectivity index (χ2v) is 6.90. The van der Waals surface area contributed by atoms with Crippen molar-refractivity contribution in [2.45, 2.75) is 6.54 Å². The summed E-state index contributed by atoms with van der Waals surface area (Å²) >= 11 is 1.96. The van der Waals surface area contributed by atoms with Crippen LogP contribution >= 0.6 is 35.7 Å². The van der Waals surface area contributed by atoms with Crippen molar-refractivity contribution >= 4 is 41.7 Å². The molecule has 1 heterocycles. The Balaban J connectivity index is 0.00000243. The third-order valence-electron chi connectivity index (χ3n) is 3.98. The smallest absolute Gasteiger partial charge is 0.191 e. The van der Waals surface area contributed by atoms with Crippen LogP contribution in [-0.2, 0) is 6.54 Å². The molecule has 0 bridgehead atoms. The summed E-state index contributed by atoms with van der Waals surface area (Å²) in [5.41, 5.74) is 7.19. The summed E-state index contributed by atoms with van der Waals surface area (Å²) in [5, 5.41) is 0. The fourth-order valence-electron chi connectivity index (χ4n) is 2.56. The van der Waals surface area contributed by atoms with E-state index in [1.165, 1.54) is 0 Å². The Labute approximate surface area is 176 Å². The first-order chi connectivity index (χ1) is 12.3. The van der Waals surface area contributed by atoms with Crippen LogP contribution in [0.25, 0.3) is 0 Å². The Hall–Kier alpha value is -1.61. The molecule has 3 rings (SSSR count). The molecular weight excluding hydrogens is 461 g/mol. The summed E-state index contributed by atoms with van der Waals surface area (Å²) in [6.07, 6.45) is 0. The van der Waals surface area contributed by atoms with Gasteiger partial charge in [-0.05, 0) is 29.8 Å². The third kappa shape index (κ3) is 5.70. The number of para-hydroxylation sites is 2. The quantitative estimate of drug-likeness (QED) is 0.395. The number of nitrogens with two attached hydrogens (primary N) is 1. The molecule has 5 nitrogen and oxygen atoms in total. The lowest BCUT2D eigenvalue weighted by molar-refractivity contribution is 0.379. The highest BCUT2D eigenvalue weighted by Gasteiger charge is 2.11. The van der Waals surface area contributed by atoms with E-state index in [4.69, 9.17) is 15.2 Å². The van der Waals surface area contributed by atoms with Crippen LogP contribution in [0.4, 0.5) is 0 Å². The largest absolute Gasteiger partial charge is 0.493 e. The standard InChI is InChI=1S/C19H23N3O2S.HI/c1-23-17-4-2-3-5-18(17)24-16-8-6-15(7-9-16)14-21-19(20)22-10-12-25-13-11-22;/h2-9H,10-14H2,1H3,(H2,20,21);1H. The summed E-state index contributed by atoms with van der Waals surface area (Å²) < 4.78 is 11.2. The number of rotatable bonds is 5. The van der Waals surface area contributed by atoms with Crippen LogP contribution in [0.2, 0.25) is 0 Å². The Morgan fingerprint density at radius 3 is 2.38 bits per heavy atom. The second-order valence-electron chi connectivity index (χ2n) is 5.67. The Kier molecular flexibility index (Phi) is 8.37. The first kappa shape index (κ1) is 20.7. The van der Waals surface area contributed by atoms with E-state index >= 15 is 0 Å². The van der Waals surface area contributed by atoms with Crippen LogP contribution in [0.3, 0.4) is 0 Å². The summed E-state index contributed by atoms with van der Waals surface area (Å²) in [6, 6.07) is 15.5. The number of ether oxygens (including phenoxy) is 2. The number of nitrogens with zero attached hydrogens (tertiary/aromatic N) is 2. The number of aliphatic imine (C=N–C) groups is 1. The highest BCUT2D eigenvalue weighted by molar-refractivity contribution is 14.0. The molecule has 7 heteroatoms. The predicted octanol–water partition coefficient (Wildman–Crippen LogP) is 3.97. The van der Waals surface area contributed by atoms with Crippen molar-refractivity contribution in [3.63, 3.8) is 0 Å². The summed E-state index contributed by atoms with van der Waals surface area (Å²) in [7, 11) is 1.63. The molecule has 1 saturated heterocycles.